The second-order valence-corrected chi connectivity index (χ2v) is 6.05. The van der Waals surface area contributed by atoms with Gasteiger partial charge in [-0.1, -0.05) is 24.3 Å². The van der Waals surface area contributed by atoms with E-state index in [4.69, 9.17) is 10.5 Å². The van der Waals surface area contributed by atoms with E-state index in [0.717, 1.165) is 17.7 Å². The third kappa shape index (κ3) is 4.60. The van der Waals surface area contributed by atoms with E-state index < -0.39 is 12.0 Å². The van der Waals surface area contributed by atoms with Gasteiger partial charge in [-0.3, -0.25) is 14.5 Å². The highest BCUT2D eigenvalue weighted by Gasteiger charge is 2.29. The van der Waals surface area contributed by atoms with Crippen molar-refractivity contribution in [3.05, 3.63) is 54.6 Å². The van der Waals surface area contributed by atoms with E-state index in [9.17, 15) is 14.4 Å². The predicted octanol–water partition coefficient (Wildman–Crippen LogP) is 2.53. The molecule has 0 aromatic heterocycles. The number of ether oxygens (including phenoxy) is 1. The lowest BCUT2D eigenvalue weighted by molar-refractivity contribution is -0.117. The van der Waals surface area contributed by atoms with Crippen molar-refractivity contribution in [2.24, 2.45) is 11.7 Å². The number of nitrogens with zero attached hydrogens (tertiary/aromatic N) is 1. The number of carbonyl (C=O) groups is 3. The van der Waals surface area contributed by atoms with Crippen molar-refractivity contribution in [2.75, 3.05) is 16.8 Å². The number of carbonyl (C=O) groups excluding carboxylic acids is 3. The molecule has 0 unspecified atom stereocenters. The van der Waals surface area contributed by atoms with Gasteiger partial charge in [0, 0.05) is 23.4 Å². The van der Waals surface area contributed by atoms with E-state index in [1.807, 2.05) is 0 Å². The first-order chi connectivity index (χ1) is 12.5. The van der Waals surface area contributed by atoms with Crippen LogP contribution in [0.25, 0.3) is 0 Å². The van der Waals surface area contributed by atoms with Gasteiger partial charge in [0.05, 0.1) is 0 Å². The van der Waals surface area contributed by atoms with E-state index in [-0.39, 0.29) is 24.1 Å². The molecule has 0 aliphatic heterocycles. The van der Waals surface area contributed by atoms with Gasteiger partial charge in [-0.15, -0.1) is 0 Å². The first kappa shape index (κ1) is 17.5. The standard InChI is InChI=1S/C19H19N3O4/c20-17(23)12-22(15-6-2-1-3-7-15)19(25)26-16-8-4-5-14(11-16)21-18(24)13-9-10-13/h1-8,11,13H,9-10,12H2,(H2,20,23)(H,21,24). The molecule has 0 radical (unpaired) electrons. The van der Waals surface area contributed by atoms with Crippen molar-refractivity contribution in [1.82, 2.24) is 0 Å². The molecule has 3 rings (SSSR count). The maximum Gasteiger partial charge on any atom is 0.420 e. The Morgan fingerprint density at radius 3 is 2.46 bits per heavy atom. The summed E-state index contributed by atoms with van der Waals surface area (Å²) in [7, 11) is 0. The van der Waals surface area contributed by atoms with Crippen LogP contribution in [0.2, 0.25) is 0 Å². The molecule has 0 spiro atoms. The lowest BCUT2D eigenvalue weighted by atomic mass is 10.3. The second-order valence-electron chi connectivity index (χ2n) is 6.05. The molecular formula is C19H19N3O4. The molecule has 3 amide bonds. The van der Waals surface area contributed by atoms with Crippen molar-refractivity contribution in [2.45, 2.75) is 12.8 Å². The fourth-order valence-corrected chi connectivity index (χ4v) is 2.41. The summed E-state index contributed by atoms with van der Waals surface area (Å²) in [4.78, 5) is 36.8. The van der Waals surface area contributed by atoms with Crippen LogP contribution in [0.3, 0.4) is 0 Å². The normalized spacial score (nSPS) is 12.9. The van der Waals surface area contributed by atoms with Gasteiger partial charge in [0.2, 0.25) is 11.8 Å². The van der Waals surface area contributed by atoms with Gasteiger partial charge >= 0.3 is 6.09 Å². The van der Waals surface area contributed by atoms with Crippen LogP contribution in [0.1, 0.15) is 12.8 Å². The van der Waals surface area contributed by atoms with E-state index in [1.54, 1.807) is 54.6 Å². The molecule has 1 saturated carbocycles. The molecule has 2 aromatic rings. The van der Waals surface area contributed by atoms with E-state index in [1.165, 1.54) is 0 Å². The second kappa shape index (κ2) is 7.69. The summed E-state index contributed by atoms with van der Waals surface area (Å²) in [5, 5.41) is 2.79. The van der Waals surface area contributed by atoms with Crippen LogP contribution in [0.5, 0.6) is 5.75 Å². The topological polar surface area (TPSA) is 102 Å². The molecular weight excluding hydrogens is 334 g/mol. The SMILES string of the molecule is NC(=O)CN(C(=O)Oc1cccc(NC(=O)C2CC2)c1)c1ccccc1. The number of hydrogen-bond acceptors (Lipinski definition) is 4. The summed E-state index contributed by atoms with van der Waals surface area (Å²) >= 11 is 0. The zero-order valence-corrected chi connectivity index (χ0v) is 14.1. The van der Waals surface area contributed by atoms with Crippen molar-refractivity contribution in [1.29, 1.82) is 0 Å². The first-order valence-electron chi connectivity index (χ1n) is 8.26. The fraction of sp³-hybridized carbons (Fsp3) is 0.211. The van der Waals surface area contributed by atoms with E-state index in [0.29, 0.717) is 11.4 Å². The van der Waals surface area contributed by atoms with E-state index in [2.05, 4.69) is 5.32 Å². The summed E-state index contributed by atoms with van der Waals surface area (Å²) < 4.78 is 5.36. The van der Waals surface area contributed by atoms with Gasteiger partial charge in [0.15, 0.2) is 0 Å². The van der Waals surface area contributed by atoms with Crippen LogP contribution in [0.4, 0.5) is 16.2 Å². The summed E-state index contributed by atoms with van der Waals surface area (Å²) in [5.41, 5.74) is 6.28. The van der Waals surface area contributed by atoms with Crippen LogP contribution < -0.4 is 20.7 Å². The lowest BCUT2D eigenvalue weighted by Gasteiger charge is -2.20. The molecule has 3 N–H and O–H groups in total. The van der Waals surface area contributed by atoms with Crippen LogP contribution in [-0.4, -0.2) is 24.5 Å². The van der Waals surface area contributed by atoms with Gasteiger partial charge < -0.3 is 15.8 Å². The molecule has 26 heavy (non-hydrogen) atoms. The molecule has 1 aliphatic carbocycles. The third-order valence-electron chi connectivity index (χ3n) is 3.86. The van der Waals surface area contributed by atoms with Gasteiger partial charge in [0.25, 0.3) is 0 Å². The minimum Gasteiger partial charge on any atom is -0.410 e. The zero-order valence-electron chi connectivity index (χ0n) is 14.1. The highest BCUT2D eigenvalue weighted by molar-refractivity contribution is 5.96. The first-order valence-corrected chi connectivity index (χ1v) is 8.26. The highest BCUT2D eigenvalue weighted by Crippen LogP contribution is 2.30. The zero-order chi connectivity index (χ0) is 18.5. The average molecular weight is 353 g/mol. The molecule has 7 nitrogen and oxygen atoms in total. The third-order valence-corrected chi connectivity index (χ3v) is 3.86. The fourth-order valence-electron chi connectivity index (χ4n) is 2.41. The van der Waals surface area contributed by atoms with Crippen molar-refractivity contribution in [3.8, 4) is 5.75 Å². The molecule has 0 saturated heterocycles. The molecule has 134 valence electrons. The van der Waals surface area contributed by atoms with Crippen LogP contribution in [0, 0.1) is 5.92 Å². The Hall–Kier alpha value is -3.35. The Bertz CT molecular complexity index is 819. The minimum atomic E-state index is -0.735. The Kier molecular flexibility index (Phi) is 5.17. The van der Waals surface area contributed by atoms with Crippen molar-refractivity contribution in [3.63, 3.8) is 0 Å². The lowest BCUT2D eigenvalue weighted by Crippen LogP contribution is -2.40. The number of hydrogen-bond donors (Lipinski definition) is 2. The number of primary amides is 1. The van der Waals surface area contributed by atoms with Gasteiger partial charge in [0.1, 0.15) is 12.3 Å². The number of rotatable bonds is 6. The largest absolute Gasteiger partial charge is 0.420 e. The molecule has 7 heteroatoms. The predicted molar refractivity (Wildman–Crippen MR) is 96.8 cm³/mol. The number of nitrogens with one attached hydrogen (secondary N) is 1. The molecule has 1 aliphatic rings. The summed E-state index contributed by atoms with van der Waals surface area (Å²) in [6.07, 6.45) is 1.07. The number of nitrogens with two attached hydrogens (primary N) is 1. The summed E-state index contributed by atoms with van der Waals surface area (Å²) in [5.74, 6) is -0.358. The molecule has 0 heterocycles. The Morgan fingerprint density at radius 2 is 1.81 bits per heavy atom. The van der Waals surface area contributed by atoms with Crippen molar-refractivity contribution >= 4 is 29.3 Å². The molecule has 0 atom stereocenters. The highest BCUT2D eigenvalue weighted by atomic mass is 16.6. The Labute approximate surface area is 150 Å². The molecule has 0 bridgehead atoms. The number of anilines is 2. The smallest absolute Gasteiger partial charge is 0.410 e. The monoisotopic (exact) mass is 353 g/mol. The number of amides is 3. The van der Waals surface area contributed by atoms with E-state index >= 15 is 0 Å². The van der Waals surface area contributed by atoms with Crippen LogP contribution >= 0.6 is 0 Å². The Morgan fingerprint density at radius 1 is 1.08 bits per heavy atom. The van der Waals surface area contributed by atoms with Gasteiger partial charge in [-0.05, 0) is 37.1 Å². The van der Waals surface area contributed by atoms with Gasteiger partial charge in [-0.25, -0.2) is 4.79 Å². The Balaban J connectivity index is 1.72. The molecule has 1 fully saturated rings. The summed E-state index contributed by atoms with van der Waals surface area (Å²) in [6.45, 7) is -0.305. The number of para-hydroxylation sites is 1. The maximum absolute atomic E-state index is 12.5. The minimum absolute atomic E-state index is 0.0342. The quantitative estimate of drug-likeness (QED) is 0.833. The van der Waals surface area contributed by atoms with Crippen LogP contribution in [-0.2, 0) is 9.59 Å². The number of benzene rings is 2. The van der Waals surface area contributed by atoms with Crippen molar-refractivity contribution < 1.29 is 19.1 Å². The average Bonchev–Trinajstić information content (AvgIpc) is 3.45. The summed E-state index contributed by atoms with van der Waals surface area (Å²) in [6, 6.07) is 15.2. The van der Waals surface area contributed by atoms with Crippen LogP contribution in [0.15, 0.2) is 54.6 Å². The maximum atomic E-state index is 12.5. The van der Waals surface area contributed by atoms with Gasteiger partial charge in [-0.2, -0.15) is 0 Å². The molecule has 2 aromatic carbocycles.